The molecule has 1 saturated heterocycles. The highest BCUT2D eigenvalue weighted by Crippen LogP contribution is 2.23. The van der Waals surface area contributed by atoms with Crippen molar-refractivity contribution in [2.75, 3.05) is 26.7 Å². The minimum absolute atomic E-state index is 0.0147. The summed E-state index contributed by atoms with van der Waals surface area (Å²) in [7, 11) is 1.62. The van der Waals surface area contributed by atoms with Crippen molar-refractivity contribution < 1.29 is 4.74 Å². The van der Waals surface area contributed by atoms with E-state index >= 15 is 0 Å². The fourth-order valence-electron chi connectivity index (χ4n) is 5.64. The molecule has 1 aromatic carbocycles. The van der Waals surface area contributed by atoms with Crippen molar-refractivity contribution in [3.05, 3.63) is 69.9 Å². The molecular weight excluding hydrogens is 450 g/mol. The van der Waals surface area contributed by atoms with Gasteiger partial charge in [0.05, 0.1) is 18.3 Å². The zero-order valence-electron chi connectivity index (χ0n) is 21.7. The molecule has 0 atom stereocenters. The summed E-state index contributed by atoms with van der Waals surface area (Å²) in [5, 5.41) is 0. The number of unbranched alkanes of at least 4 members (excludes halogenated alkanes) is 1. The first-order valence-corrected chi connectivity index (χ1v) is 13.3. The number of hydrogen-bond donors (Lipinski definition) is 0. The molecule has 0 N–H and O–H groups in total. The van der Waals surface area contributed by atoms with Crippen molar-refractivity contribution in [2.45, 2.75) is 58.9 Å². The molecule has 0 amide bonds. The van der Waals surface area contributed by atoms with Crippen molar-refractivity contribution >= 4 is 16.7 Å². The van der Waals surface area contributed by atoms with E-state index < -0.39 is 0 Å². The monoisotopic (exact) mass is 487 g/mol. The van der Waals surface area contributed by atoms with Crippen LogP contribution in [-0.2, 0) is 19.4 Å². The minimum atomic E-state index is 0.0147. The number of aryl methyl sites for hydroxylation is 3. The molecule has 36 heavy (non-hydrogen) atoms. The third-order valence-corrected chi connectivity index (χ3v) is 7.61. The SMILES string of the molecule is CCc1nc(C)c2c(=O)n(CCCCN3CCC(Cc4ccccc4)CC3)c3ccc(OC)nc3n12. The Morgan fingerprint density at radius 1 is 1.00 bits per heavy atom. The van der Waals surface area contributed by atoms with E-state index in [9.17, 15) is 4.79 Å². The van der Waals surface area contributed by atoms with Crippen molar-refractivity contribution in [3.63, 3.8) is 0 Å². The lowest BCUT2D eigenvalue weighted by Gasteiger charge is -2.32. The number of benzene rings is 1. The maximum Gasteiger partial charge on any atom is 0.277 e. The number of likely N-dealkylation sites (tertiary alicyclic amines) is 1. The van der Waals surface area contributed by atoms with Crippen LogP contribution in [0.25, 0.3) is 16.7 Å². The van der Waals surface area contributed by atoms with E-state index in [1.54, 1.807) is 7.11 Å². The van der Waals surface area contributed by atoms with Crippen LogP contribution in [-0.4, -0.2) is 50.6 Å². The zero-order valence-corrected chi connectivity index (χ0v) is 21.7. The number of nitrogens with zero attached hydrogens (tertiary/aromatic N) is 5. The molecule has 7 nitrogen and oxygen atoms in total. The summed E-state index contributed by atoms with van der Waals surface area (Å²) in [6, 6.07) is 14.6. The average molecular weight is 488 g/mol. The smallest absolute Gasteiger partial charge is 0.277 e. The topological polar surface area (TPSA) is 64.7 Å². The summed E-state index contributed by atoms with van der Waals surface area (Å²) in [5.74, 6) is 2.18. The number of pyridine rings is 1. The van der Waals surface area contributed by atoms with Crippen LogP contribution >= 0.6 is 0 Å². The molecule has 0 aliphatic carbocycles. The zero-order chi connectivity index (χ0) is 25.1. The molecule has 3 aromatic heterocycles. The van der Waals surface area contributed by atoms with Gasteiger partial charge in [0.25, 0.3) is 5.56 Å². The van der Waals surface area contributed by atoms with Gasteiger partial charge in [-0.2, -0.15) is 4.98 Å². The number of imidazole rings is 1. The molecule has 0 spiro atoms. The van der Waals surface area contributed by atoms with Crippen LogP contribution in [0.3, 0.4) is 0 Å². The second-order valence-electron chi connectivity index (χ2n) is 9.99. The first kappa shape index (κ1) is 24.5. The molecule has 0 unspecified atom stereocenters. The molecule has 4 heterocycles. The van der Waals surface area contributed by atoms with Gasteiger partial charge >= 0.3 is 0 Å². The molecule has 0 saturated carbocycles. The van der Waals surface area contributed by atoms with Gasteiger partial charge in [-0.25, -0.2) is 4.98 Å². The Labute approximate surface area is 212 Å². The van der Waals surface area contributed by atoms with Crippen molar-refractivity contribution in [3.8, 4) is 5.88 Å². The van der Waals surface area contributed by atoms with Crippen molar-refractivity contribution in [1.82, 2.24) is 23.8 Å². The maximum atomic E-state index is 13.6. The molecule has 1 aliphatic heterocycles. The van der Waals surface area contributed by atoms with Crippen LogP contribution in [0.4, 0.5) is 0 Å². The Hall–Kier alpha value is -3.19. The fourth-order valence-corrected chi connectivity index (χ4v) is 5.64. The summed E-state index contributed by atoms with van der Waals surface area (Å²) in [5.41, 5.74) is 4.43. The van der Waals surface area contributed by atoms with E-state index in [4.69, 9.17) is 9.72 Å². The number of ether oxygens (including phenoxy) is 1. The third kappa shape index (κ3) is 4.89. The van der Waals surface area contributed by atoms with E-state index in [1.807, 2.05) is 28.0 Å². The Kier molecular flexibility index (Phi) is 7.37. The largest absolute Gasteiger partial charge is 0.481 e. The van der Waals surface area contributed by atoms with Crippen LogP contribution in [0.15, 0.2) is 47.3 Å². The predicted molar refractivity (Wildman–Crippen MR) is 144 cm³/mol. The van der Waals surface area contributed by atoms with E-state index in [-0.39, 0.29) is 5.56 Å². The molecule has 0 radical (unpaired) electrons. The Balaban J connectivity index is 1.25. The number of rotatable bonds is 9. The van der Waals surface area contributed by atoms with Gasteiger partial charge in [-0.3, -0.25) is 9.20 Å². The number of piperidine rings is 1. The first-order chi connectivity index (χ1) is 17.6. The predicted octanol–water partition coefficient (Wildman–Crippen LogP) is 4.66. The van der Waals surface area contributed by atoms with Gasteiger partial charge in [0.15, 0.2) is 5.65 Å². The number of hydrogen-bond acceptors (Lipinski definition) is 5. The van der Waals surface area contributed by atoms with Gasteiger partial charge in [0.2, 0.25) is 5.88 Å². The second kappa shape index (κ2) is 10.8. The van der Waals surface area contributed by atoms with Crippen LogP contribution in [0, 0.1) is 12.8 Å². The second-order valence-corrected chi connectivity index (χ2v) is 9.99. The molecule has 7 heteroatoms. The van der Waals surface area contributed by atoms with E-state index in [1.165, 1.54) is 37.9 Å². The van der Waals surface area contributed by atoms with E-state index in [0.717, 1.165) is 54.4 Å². The first-order valence-electron chi connectivity index (χ1n) is 13.3. The molecular formula is C29H37N5O2. The van der Waals surface area contributed by atoms with Gasteiger partial charge in [-0.15, -0.1) is 0 Å². The summed E-state index contributed by atoms with van der Waals surface area (Å²) >= 11 is 0. The highest BCUT2D eigenvalue weighted by molar-refractivity contribution is 5.77. The lowest BCUT2D eigenvalue weighted by atomic mass is 9.90. The summed E-state index contributed by atoms with van der Waals surface area (Å²) < 4.78 is 9.20. The standard InChI is InChI=1S/C29H37N5O2/c1-4-25-30-21(2)27-29(35)33(24-12-13-26(36-3)31-28(24)34(25)27)17-9-8-16-32-18-14-23(15-19-32)20-22-10-6-5-7-11-22/h5-7,10-13,23H,4,8-9,14-20H2,1-3H3. The molecule has 0 bridgehead atoms. The number of fused-ring (bicyclic) bond motifs is 3. The summed E-state index contributed by atoms with van der Waals surface area (Å²) in [6.07, 6.45) is 6.49. The molecule has 1 aliphatic rings. The van der Waals surface area contributed by atoms with E-state index in [0.29, 0.717) is 17.9 Å². The summed E-state index contributed by atoms with van der Waals surface area (Å²) in [6.45, 7) is 8.07. The maximum absolute atomic E-state index is 13.6. The normalized spacial score (nSPS) is 15.2. The van der Waals surface area contributed by atoms with E-state index in [2.05, 4.69) is 47.1 Å². The molecule has 4 aromatic rings. The van der Waals surface area contributed by atoms with Crippen molar-refractivity contribution in [2.24, 2.45) is 5.92 Å². The summed E-state index contributed by atoms with van der Waals surface area (Å²) in [4.78, 5) is 25.5. The fraction of sp³-hybridized carbons (Fsp3) is 0.483. The van der Waals surface area contributed by atoms with Crippen molar-refractivity contribution in [1.29, 1.82) is 0 Å². The van der Waals surface area contributed by atoms with Gasteiger partial charge < -0.3 is 14.2 Å². The van der Waals surface area contributed by atoms with Crippen LogP contribution in [0.5, 0.6) is 5.88 Å². The molecule has 190 valence electrons. The van der Waals surface area contributed by atoms with Gasteiger partial charge in [-0.1, -0.05) is 37.3 Å². The van der Waals surface area contributed by atoms with Crippen LogP contribution < -0.4 is 10.3 Å². The number of aromatic nitrogens is 4. The Morgan fingerprint density at radius 2 is 1.75 bits per heavy atom. The molecule has 5 rings (SSSR count). The average Bonchev–Trinajstić information content (AvgIpc) is 3.26. The Bertz CT molecular complexity index is 1380. The highest BCUT2D eigenvalue weighted by atomic mass is 16.5. The van der Waals surface area contributed by atoms with Gasteiger partial charge in [0.1, 0.15) is 11.3 Å². The quantitative estimate of drug-likeness (QED) is 0.321. The third-order valence-electron chi connectivity index (χ3n) is 7.61. The highest BCUT2D eigenvalue weighted by Gasteiger charge is 2.20. The lowest BCUT2D eigenvalue weighted by molar-refractivity contribution is 0.180. The van der Waals surface area contributed by atoms with Crippen LogP contribution in [0.2, 0.25) is 0 Å². The lowest BCUT2D eigenvalue weighted by Crippen LogP contribution is -2.35. The Morgan fingerprint density at radius 3 is 2.47 bits per heavy atom. The van der Waals surface area contributed by atoms with Gasteiger partial charge in [0, 0.05) is 19.0 Å². The van der Waals surface area contributed by atoms with Gasteiger partial charge in [-0.05, 0) is 76.2 Å². The molecule has 1 fully saturated rings. The minimum Gasteiger partial charge on any atom is -0.481 e. The number of methoxy groups -OCH3 is 1. The van der Waals surface area contributed by atoms with Crippen LogP contribution in [0.1, 0.15) is 49.7 Å².